The number of benzene rings is 3. The molecule has 0 saturated heterocycles. The van der Waals surface area contributed by atoms with Crippen LogP contribution < -0.4 is 16.0 Å². The number of fused-ring (bicyclic) bond motifs is 1. The molecule has 5 rings (SSSR count). The molecule has 0 spiro atoms. The summed E-state index contributed by atoms with van der Waals surface area (Å²) >= 11 is 6.18. The maximum atomic E-state index is 14.2. The highest BCUT2D eigenvalue weighted by molar-refractivity contribution is 6.30. The number of carboxylic acid groups (broad SMARTS) is 1. The predicted molar refractivity (Wildman–Crippen MR) is 143 cm³/mol. The normalized spacial score (nSPS) is 17.1. The molecule has 38 heavy (non-hydrogen) atoms. The lowest BCUT2D eigenvalue weighted by Gasteiger charge is -2.43. The monoisotopic (exact) mass is 539 g/mol. The first-order chi connectivity index (χ1) is 18.2. The molecule has 0 radical (unpaired) electrons. The van der Waals surface area contributed by atoms with Crippen molar-refractivity contribution in [1.82, 2.24) is 0 Å². The second kappa shape index (κ2) is 10.6. The summed E-state index contributed by atoms with van der Waals surface area (Å²) in [6, 6.07) is 16.0. The highest BCUT2D eigenvalue weighted by Crippen LogP contribution is 2.49. The van der Waals surface area contributed by atoms with Crippen LogP contribution in [-0.4, -0.2) is 17.0 Å². The highest BCUT2D eigenvalue weighted by atomic mass is 35.5. The fourth-order valence-corrected chi connectivity index (χ4v) is 5.86. The van der Waals surface area contributed by atoms with Crippen LogP contribution in [0.15, 0.2) is 60.7 Å². The quantitative estimate of drug-likeness (QED) is 0.266. The SMILES string of the molecule is O=C(O)Cc1ccc(NC(=O)C(C2CCCCC2)C2(c3ccc(Cl)cc3)Nc3cc(F)c(F)cc3N2)cc1. The number of carboxylic acids is 1. The van der Waals surface area contributed by atoms with E-state index in [-0.39, 0.29) is 18.2 Å². The number of carbonyl (C=O) groups excluding carboxylic acids is 1. The molecule has 3 aromatic carbocycles. The first-order valence-electron chi connectivity index (χ1n) is 12.7. The van der Waals surface area contributed by atoms with Crippen molar-refractivity contribution in [2.24, 2.45) is 11.8 Å². The summed E-state index contributed by atoms with van der Waals surface area (Å²) in [5.74, 6) is -3.84. The lowest BCUT2D eigenvalue weighted by molar-refractivity contribution is -0.136. The van der Waals surface area contributed by atoms with Crippen molar-refractivity contribution in [3.63, 3.8) is 0 Å². The molecule has 9 heteroatoms. The molecule has 3 aromatic rings. The summed E-state index contributed by atoms with van der Waals surface area (Å²) in [7, 11) is 0. The number of anilines is 3. The van der Waals surface area contributed by atoms with Gasteiger partial charge in [0.2, 0.25) is 5.91 Å². The smallest absolute Gasteiger partial charge is 0.307 e. The van der Waals surface area contributed by atoms with Crippen molar-refractivity contribution in [3.8, 4) is 0 Å². The van der Waals surface area contributed by atoms with Gasteiger partial charge >= 0.3 is 5.97 Å². The van der Waals surface area contributed by atoms with Crippen LogP contribution in [-0.2, 0) is 21.7 Å². The van der Waals surface area contributed by atoms with Gasteiger partial charge in [0.1, 0.15) is 5.66 Å². The lowest BCUT2D eigenvalue weighted by Crippen LogP contribution is -2.54. The van der Waals surface area contributed by atoms with Crippen molar-refractivity contribution in [3.05, 3.63) is 88.4 Å². The van der Waals surface area contributed by atoms with Gasteiger partial charge < -0.3 is 21.1 Å². The van der Waals surface area contributed by atoms with E-state index in [1.807, 2.05) is 12.1 Å². The van der Waals surface area contributed by atoms with E-state index in [1.165, 1.54) is 0 Å². The average molecular weight is 540 g/mol. The number of halogens is 3. The second-order valence-electron chi connectivity index (χ2n) is 10.0. The molecule has 4 N–H and O–H groups in total. The zero-order valence-corrected chi connectivity index (χ0v) is 21.3. The molecule has 1 heterocycles. The van der Waals surface area contributed by atoms with Crippen molar-refractivity contribution in [2.75, 3.05) is 16.0 Å². The van der Waals surface area contributed by atoms with Crippen LogP contribution >= 0.6 is 11.6 Å². The minimum absolute atomic E-state index is 0.0188. The lowest BCUT2D eigenvalue weighted by atomic mass is 9.71. The molecule has 0 bridgehead atoms. The molecule has 1 aliphatic heterocycles. The Morgan fingerprint density at radius 3 is 2.08 bits per heavy atom. The number of amides is 1. The van der Waals surface area contributed by atoms with Crippen LogP contribution in [0.25, 0.3) is 0 Å². The van der Waals surface area contributed by atoms with Gasteiger partial charge in [-0.1, -0.05) is 55.1 Å². The molecule has 2 aliphatic rings. The summed E-state index contributed by atoms with van der Waals surface area (Å²) in [4.78, 5) is 25.2. The van der Waals surface area contributed by atoms with E-state index in [1.54, 1.807) is 36.4 Å². The Hall–Kier alpha value is -3.65. The summed E-state index contributed by atoms with van der Waals surface area (Å²) in [6.45, 7) is 0. The van der Waals surface area contributed by atoms with E-state index < -0.39 is 29.2 Å². The van der Waals surface area contributed by atoms with Crippen molar-refractivity contribution < 1.29 is 23.5 Å². The molecular weight excluding hydrogens is 512 g/mol. The van der Waals surface area contributed by atoms with Gasteiger partial charge in [-0.15, -0.1) is 0 Å². The number of hydrogen-bond donors (Lipinski definition) is 4. The van der Waals surface area contributed by atoms with Gasteiger partial charge in [-0.05, 0) is 54.2 Å². The molecule has 0 aromatic heterocycles. The van der Waals surface area contributed by atoms with E-state index in [2.05, 4.69) is 16.0 Å². The van der Waals surface area contributed by atoms with Gasteiger partial charge in [0.05, 0.1) is 23.7 Å². The topological polar surface area (TPSA) is 90.5 Å². The van der Waals surface area contributed by atoms with Gasteiger partial charge in [-0.3, -0.25) is 9.59 Å². The molecule has 1 aliphatic carbocycles. The molecule has 1 fully saturated rings. The standard InChI is InChI=1S/C29H28ClF2N3O3/c30-20-10-8-19(9-11-20)29(34-24-15-22(31)23(32)16-25(24)35-29)27(18-4-2-1-3-5-18)28(38)33-21-12-6-17(7-13-21)14-26(36)37/h6-13,15-16,18,27,34-35H,1-5,14H2,(H,33,38)(H,36,37). The van der Waals surface area contributed by atoms with Crippen LogP contribution in [0.5, 0.6) is 0 Å². The summed E-state index contributed by atoms with van der Waals surface area (Å²) in [5, 5.41) is 19.3. The van der Waals surface area contributed by atoms with Crippen molar-refractivity contribution in [2.45, 2.75) is 44.2 Å². The Morgan fingerprint density at radius 1 is 0.947 bits per heavy atom. The fraction of sp³-hybridized carbons (Fsp3) is 0.310. The third kappa shape index (κ3) is 5.18. The van der Waals surface area contributed by atoms with Crippen LogP contribution in [0.3, 0.4) is 0 Å². The zero-order chi connectivity index (χ0) is 26.9. The third-order valence-corrected chi connectivity index (χ3v) is 7.72. The van der Waals surface area contributed by atoms with Crippen molar-refractivity contribution >= 4 is 40.5 Å². The Bertz CT molecular complexity index is 1310. The molecule has 6 nitrogen and oxygen atoms in total. The number of rotatable bonds is 7. The highest BCUT2D eigenvalue weighted by Gasteiger charge is 2.52. The average Bonchev–Trinajstić information content (AvgIpc) is 3.24. The van der Waals surface area contributed by atoms with E-state index in [0.29, 0.717) is 33.2 Å². The van der Waals surface area contributed by atoms with E-state index in [0.717, 1.165) is 44.2 Å². The predicted octanol–water partition coefficient (Wildman–Crippen LogP) is 6.77. The summed E-state index contributed by atoms with van der Waals surface area (Å²) < 4.78 is 28.4. The van der Waals surface area contributed by atoms with Crippen molar-refractivity contribution in [1.29, 1.82) is 0 Å². The first-order valence-corrected chi connectivity index (χ1v) is 13.1. The van der Waals surface area contributed by atoms with Gasteiger partial charge in [-0.2, -0.15) is 0 Å². The minimum Gasteiger partial charge on any atom is -0.481 e. The number of nitrogens with one attached hydrogen (secondary N) is 3. The number of aliphatic carboxylic acids is 1. The first kappa shape index (κ1) is 26.0. The molecule has 1 unspecified atom stereocenters. The second-order valence-corrected chi connectivity index (χ2v) is 10.4. The van der Waals surface area contributed by atoms with Gasteiger partial charge in [0.15, 0.2) is 11.6 Å². The maximum absolute atomic E-state index is 14.2. The molecule has 1 atom stereocenters. The van der Waals surface area contributed by atoms with E-state index in [9.17, 15) is 18.4 Å². The fourth-order valence-electron chi connectivity index (χ4n) is 5.73. The molecule has 1 saturated carbocycles. The Labute approximate surface area is 224 Å². The molecule has 1 amide bonds. The van der Waals surface area contributed by atoms with E-state index >= 15 is 0 Å². The Morgan fingerprint density at radius 2 is 1.53 bits per heavy atom. The number of carbonyl (C=O) groups is 2. The van der Waals surface area contributed by atoms with Gasteiger partial charge in [-0.25, -0.2) is 8.78 Å². The van der Waals surface area contributed by atoms with Crippen LogP contribution in [0.4, 0.5) is 25.8 Å². The van der Waals surface area contributed by atoms with Crippen LogP contribution in [0.1, 0.15) is 43.2 Å². The van der Waals surface area contributed by atoms with Crippen LogP contribution in [0.2, 0.25) is 5.02 Å². The summed E-state index contributed by atoms with van der Waals surface area (Å²) in [5.41, 5.74) is 1.40. The largest absolute Gasteiger partial charge is 0.481 e. The Balaban J connectivity index is 1.56. The van der Waals surface area contributed by atoms with E-state index in [4.69, 9.17) is 16.7 Å². The maximum Gasteiger partial charge on any atom is 0.307 e. The minimum atomic E-state index is -1.19. The Kier molecular flexibility index (Phi) is 7.25. The zero-order valence-electron chi connectivity index (χ0n) is 20.6. The molecular formula is C29H28ClF2N3O3. The molecule has 198 valence electrons. The third-order valence-electron chi connectivity index (χ3n) is 7.47. The van der Waals surface area contributed by atoms with Gasteiger partial charge in [0, 0.05) is 22.8 Å². The van der Waals surface area contributed by atoms with Gasteiger partial charge in [0.25, 0.3) is 0 Å². The number of hydrogen-bond acceptors (Lipinski definition) is 4. The summed E-state index contributed by atoms with van der Waals surface area (Å²) in [6.07, 6.45) is 4.58. The van der Waals surface area contributed by atoms with Crippen LogP contribution in [0, 0.1) is 23.5 Å².